The Morgan fingerprint density at radius 2 is 1.79 bits per heavy atom. The average molecular weight is 361 g/mol. The van der Waals surface area contributed by atoms with Gasteiger partial charge in [0.05, 0.1) is 0 Å². The minimum Gasteiger partial charge on any atom is -0.346 e. The van der Waals surface area contributed by atoms with E-state index in [1.807, 2.05) is 42.1 Å². The first kappa shape index (κ1) is 18.9. The molecular formula is C19H24N2OS2. The van der Waals surface area contributed by atoms with Crippen molar-refractivity contribution in [1.29, 1.82) is 0 Å². The molecule has 1 amide bonds. The predicted octanol–water partition coefficient (Wildman–Crippen LogP) is 4.48. The van der Waals surface area contributed by atoms with Crippen LogP contribution >= 0.6 is 23.5 Å². The summed E-state index contributed by atoms with van der Waals surface area (Å²) in [5, 5.41) is 2.96. The van der Waals surface area contributed by atoms with Gasteiger partial charge in [-0.15, -0.1) is 0 Å². The van der Waals surface area contributed by atoms with E-state index in [0.717, 1.165) is 22.9 Å². The Labute approximate surface area is 153 Å². The van der Waals surface area contributed by atoms with Gasteiger partial charge in [-0.25, -0.2) is 0 Å². The molecule has 0 aliphatic rings. The Morgan fingerprint density at radius 3 is 2.54 bits per heavy atom. The number of amides is 1. The molecule has 5 heteroatoms. The summed E-state index contributed by atoms with van der Waals surface area (Å²) < 4.78 is 0. The first-order valence-corrected chi connectivity index (χ1v) is 9.91. The molecule has 2 aromatic carbocycles. The van der Waals surface area contributed by atoms with E-state index in [9.17, 15) is 4.79 Å². The van der Waals surface area contributed by atoms with Crippen molar-refractivity contribution in [1.82, 2.24) is 10.2 Å². The number of nitrogens with zero attached hydrogens (tertiary/aromatic N) is 1. The Kier molecular flexibility index (Phi) is 8.22. The van der Waals surface area contributed by atoms with E-state index < -0.39 is 0 Å². The lowest BCUT2D eigenvalue weighted by Crippen LogP contribution is -2.21. The minimum atomic E-state index is 0.00906. The lowest BCUT2D eigenvalue weighted by atomic mass is 10.1. The minimum absolute atomic E-state index is 0.00906. The normalized spacial score (nSPS) is 10.8. The monoisotopic (exact) mass is 360 g/mol. The molecule has 0 heterocycles. The lowest BCUT2D eigenvalue weighted by molar-refractivity contribution is 0.261. The van der Waals surface area contributed by atoms with Crippen LogP contribution in [0.1, 0.15) is 11.1 Å². The highest BCUT2D eigenvalue weighted by molar-refractivity contribution is 8.13. The Hall–Kier alpha value is -1.43. The highest BCUT2D eigenvalue weighted by Gasteiger charge is 2.03. The maximum absolute atomic E-state index is 11.8. The molecule has 0 bridgehead atoms. The van der Waals surface area contributed by atoms with Gasteiger partial charge in [0.25, 0.3) is 5.24 Å². The third-order valence-electron chi connectivity index (χ3n) is 3.23. The second-order valence-electron chi connectivity index (χ2n) is 5.74. The van der Waals surface area contributed by atoms with Gasteiger partial charge in [-0.1, -0.05) is 42.5 Å². The molecule has 0 saturated heterocycles. The first-order valence-electron chi connectivity index (χ1n) is 7.94. The molecule has 128 valence electrons. The fourth-order valence-corrected chi connectivity index (χ4v) is 3.72. The van der Waals surface area contributed by atoms with Gasteiger partial charge in [-0.2, -0.15) is 11.8 Å². The van der Waals surface area contributed by atoms with Crippen LogP contribution in [0.5, 0.6) is 0 Å². The molecule has 0 saturated carbocycles. The van der Waals surface area contributed by atoms with E-state index in [1.54, 1.807) is 0 Å². The van der Waals surface area contributed by atoms with Gasteiger partial charge in [-0.05, 0) is 49.1 Å². The van der Waals surface area contributed by atoms with Crippen molar-refractivity contribution in [2.45, 2.75) is 17.2 Å². The fourth-order valence-electron chi connectivity index (χ4n) is 2.23. The summed E-state index contributed by atoms with van der Waals surface area (Å²) in [6.07, 6.45) is 0. The molecule has 3 nitrogen and oxygen atoms in total. The topological polar surface area (TPSA) is 32.3 Å². The molecular weight excluding hydrogens is 336 g/mol. The van der Waals surface area contributed by atoms with Crippen molar-refractivity contribution in [2.24, 2.45) is 0 Å². The molecule has 0 radical (unpaired) electrons. The van der Waals surface area contributed by atoms with Crippen LogP contribution < -0.4 is 5.32 Å². The van der Waals surface area contributed by atoms with Gasteiger partial charge in [0.15, 0.2) is 0 Å². The van der Waals surface area contributed by atoms with Crippen LogP contribution in [-0.2, 0) is 12.3 Å². The zero-order valence-corrected chi connectivity index (χ0v) is 15.8. The number of carbonyl (C=O) groups excluding carboxylic acids is 1. The molecule has 0 aliphatic carbocycles. The van der Waals surface area contributed by atoms with Gasteiger partial charge in [0.2, 0.25) is 0 Å². The van der Waals surface area contributed by atoms with Gasteiger partial charge < -0.3 is 10.2 Å². The number of rotatable bonds is 8. The molecule has 0 unspecified atom stereocenters. The number of carbonyl (C=O) groups is 1. The van der Waals surface area contributed by atoms with Gasteiger partial charge in [0, 0.05) is 29.5 Å². The second kappa shape index (κ2) is 10.4. The Balaban J connectivity index is 1.63. The van der Waals surface area contributed by atoms with Crippen LogP contribution in [0.25, 0.3) is 0 Å². The lowest BCUT2D eigenvalue weighted by Gasteiger charge is -2.11. The second-order valence-corrected chi connectivity index (χ2v) is 7.89. The number of hydrogen-bond donors (Lipinski definition) is 1. The van der Waals surface area contributed by atoms with Gasteiger partial charge in [0.1, 0.15) is 0 Å². The standard InChI is InChI=1S/C19H24N2OS2/c1-21(2)14-16-7-6-8-17(13-16)15-23-12-11-20-19(22)24-18-9-4-3-5-10-18/h3-10,13H,11-12,14-15H2,1-2H3,(H,20,22). The van der Waals surface area contributed by atoms with E-state index in [2.05, 4.69) is 48.6 Å². The first-order chi connectivity index (χ1) is 11.6. The largest absolute Gasteiger partial charge is 0.346 e. The Bertz CT molecular complexity index is 632. The number of nitrogens with one attached hydrogen (secondary N) is 1. The van der Waals surface area contributed by atoms with Crippen molar-refractivity contribution in [3.05, 3.63) is 65.7 Å². The number of thioether (sulfide) groups is 2. The van der Waals surface area contributed by atoms with Crippen LogP contribution in [0.15, 0.2) is 59.5 Å². The smallest absolute Gasteiger partial charge is 0.283 e. The van der Waals surface area contributed by atoms with E-state index >= 15 is 0 Å². The van der Waals surface area contributed by atoms with E-state index in [1.165, 1.54) is 22.9 Å². The van der Waals surface area contributed by atoms with Crippen LogP contribution in [0, 0.1) is 0 Å². The summed E-state index contributed by atoms with van der Waals surface area (Å²) in [5.74, 6) is 1.89. The van der Waals surface area contributed by atoms with E-state index in [-0.39, 0.29) is 5.24 Å². The predicted molar refractivity (Wildman–Crippen MR) is 106 cm³/mol. The quantitative estimate of drug-likeness (QED) is 0.555. The van der Waals surface area contributed by atoms with Crippen molar-refractivity contribution < 1.29 is 4.79 Å². The van der Waals surface area contributed by atoms with Gasteiger partial charge in [-0.3, -0.25) is 4.79 Å². The zero-order chi connectivity index (χ0) is 17.2. The Morgan fingerprint density at radius 1 is 1.04 bits per heavy atom. The molecule has 0 spiro atoms. The van der Waals surface area contributed by atoms with Crippen molar-refractivity contribution in [3.8, 4) is 0 Å². The van der Waals surface area contributed by atoms with Crippen LogP contribution in [0.4, 0.5) is 4.79 Å². The molecule has 0 atom stereocenters. The van der Waals surface area contributed by atoms with E-state index in [4.69, 9.17) is 0 Å². The van der Waals surface area contributed by atoms with Gasteiger partial charge >= 0.3 is 0 Å². The SMILES string of the molecule is CN(C)Cc1cccc(CSCCNC(=O)Sc2ccccc2)c1. The van der Waals surface area contributed by atoms with Crippen LogP contribution in [0.3, 0.4) is 0 Å². The zero-order valence-electron chi connectivity index (χ0n) is 14.2. The average Bonchev–Trinajstić information content (AvgIpc) is 2.55. The number of benzene rings is 2. The maximum Gasteiger partial charge on any atom is 0.283 e. The highest BCUT2D eigenvalue weighted by atomic mass is 32.2. The molecule has 2 aromatic rings. The highest BCUT2D eigenvalue weighted by Crippen LogP contribution is 2.18. The summed E-state index contributed by atoms with van der Waals surface area (Å²) in [5.41, 5.74) is 2.68. The number of hydrogen-bond acceptors (Lipinski definition) is 4. The van der Waals surface area contributed by atoms with Crippen molar-refractivity contribution in [3.63, 3.8) is 0 Å². The van der Waals surface area contributed by atoms with E-state index in [0.29, 0.717) is 6.54 Å². The summed E-state index contributed by atoms with van der Waals surface area (Å²) in [6, 6.07) is 18.4. The molecule has 1 N–H and O–H groups in total. The summed E-state index contributed by atoms with van der Waals surface area (Å²) >= 11 is 3.09. The van der Waals surface area contributed by atoms with Crippen LogP contribution in [0.2, 0.25) is 0 Å². The molecule has 2 rings (SSSR count). The molecule has 0 aromatic heterocycles. The van der Waals surface area contributed by atoms with Crippen molar-refractivity contribution in [2.75, 3.05) is 26.4 Å². The van der Waals surface area contributed by atoms with Crippen molar-refractivity contribution >= 4 is 28.8 Å². The third-order valence-corrected chi connectivity index (χ3v) is 5.10. The summed E-state index contributed by atoms with van der Waals surface area (Å²) in [7, 11) is 4.16. The molecule has 24 heavy (non-hydrogen) atoms. The third kappa shape index (κ3) is 7.43. The fraction of sp³-hybridized carbons (Fsp3) is 0.316. The maximum atomic E-state index is 11.8. The summed E-state index contributed by atoms with van der Waals surface area (Å²) in [4.78, 5) is 15.0. The summed E-state index contributed by atoms with van der Waals surface area (Å²) in [6.45, 7) is 1.66. The molecule has 0 fully saturated rings. The van der Waals surface area contributed by atoms with Crippen LogP contribution in [-0.4, -0.2) is 36.5 Å². The molecule has 0 aliphatic heterocycles.